The van der Waals surface area contributed by atoms with Gasteiger partial charge in [0.1, 0.15) is 19.3 Å². The van der Waals surface area contributed by atoms with E-state index >= 15 is 0 Å². The van der Waals surface area contributed by atoms with Crippen molar-refractivity contribution in [2.24, 2.45) is 0 Å². The molecule has 3 rings (SSSR count). The van der Waals surface area contributed by atoms with Crippen LogP contribution in [0.2, 0.25) is 5.02 Å². The molecule has 1 aliphatic rings. The average Bonchev–Trinajstić information content (AvgIpc) is 3.16. The summed E-state index contributed by atoms with van der Waals surface area (Å²) in [6.45, 7) is 0.816. The molecule has 1 aromatic carbocycles. The third-order valence-electron chi connectivity index (χ3n) is 2.89. The molecule has 0 radical (unpaired) electrons. The predicted octanol–water partition coefficient (Wildman–Crippen LogP) is 1.92. The number of benzene rings is 1. The van der Waals surface area contributed by atoms with Gasteiger partial charge in [-0.25, -0.2) is 14.5 Å². The molecule has 114 valence electrons. The van der Waals surface area contributed by atoms with E-state index in [1.807, 2.05) is 0 Å². The zero-order chi connectivity index (χ0) is 15.4. The van der Waals surface area contributed by atoms with Crippen LogP contribution < -0.4 is 9.47 Å². The summed E-state index contributed by atoms with van der Waals surface area (Å²) in [5, 5.41) is 4.34. The Morgan fingerprint density at radius 3 is 3.18 bits per heavy atom. The van der Waals surface area contributed by atoms with E-state index in [1.165, 1.54) is 12.4 Å². The lowest BCUT2D eigenvalue weighted by atomic mass is 10.2. The van der Waals surface area contributed by atoms with Gasteiger partial charge in [0.15, 0.2) is 11.5 Å². The van der Waals surface area contributed by atoms with E-state index < -0.39 is 5.97 Å². The maximum absolute atomic E-state index is 11.6. The Morgan fingerprint density at radius 1 is 1.45 bits per heavy atom. The lowest BCUT2D eigenvalue weighted by molar-refractivity contribution is -0.138. The zero-order valence-electron chi connectivity index (χ0n) is 11.4. The van der Waals surface area contributed by atoms with Crippen LogP contribution in [0.5, 0.6) is 11.5 Å². The number of ether oxygens (including phenoxy) is 3. The maximum atomic E-state index is 11.6. The topological polar surface area (TPSA) is 75.5 Å². The highest BCUT2D eigenvalue weighted by atomic mass is 35.5. The molecule has 1 aromatic heterocycles. The summed E-state index contributed by atoms with van der Waals surface area (Å²) in [5.41, 5.74) is 0.725. The normalized spacial score (nSPS) is 12.8. The van der Waals surface area contributed by atoms with Gasteiger partial charge in [0.25, 0.3) is 0 Å². The Labute approximate surface area is 131 Å². The maximum Gasteiger partial charge on any atom is 0.330 e. The third-order valence-corrected chi connectivity index (χ3v) is 3.17. The van der Waals surface area contributed by atoms with Crippen molar-refractivity contribution >= 4 is 23.6 Å². The quantitative estimate of drug-likeness (QED) is 0.618. The van der Waals surface area contributed by atoms with E-state index in [-0.39, 0.29) is 13.4 Å². The van der Waals surface area contributed by atoms with E-state index in [0.29, 0.717) is 23.1 Å². The molecule has 0 aliphatic carbocycles. The van der Waals surface area contributed by atoms with Crippen LogP contribution in [-0.4, -0.2) is 34.1 Å². The third kappa shape index (κ3) is 3.37. The Morgan fingerprint density at radius 2 is 2.36 bits per heavy atom. The zero-order valence-corrected chi connectivity index (χ0v) is 12.2. The van der Waals surface area contributed by atoms with Gasteiger partial charge in [0, 0.05) is 6.08 Å². The molecule has 0 unspecified atom stereocenters. The van der Waals surface area contributed by atoms with Crippen LogP contribution in [0.3, 0.4) is 0 Å². The molecule has 0 saturated carbocycles. The Bertz CT molecular complexity index is 700. The smallest absolute Gasteiger partial charge is 0.330 e. The van der Waals surface area contributed by atoms with Crippen molar-refractivity contribution in [3.8, 4) is 11.5 Å². The van der Waals surface area contributed by atoms with Crippen molar-refractivity contribution in [1.82, 2.24) is 14.8 Å². The number of nitrogens with zero attached hydrogens (tertiary/aromatic N) is 3. The van der Waals surface area contributed by atoms with Gasteiger partial charge in [-0.05, 0) is 23.8 Å². The molecule has 7 nitrogen and oxygen atoms in total. The molecule has 0 spiro atoms. The molecule has 0 fully saturated rings. The molecule has 1 aliphatic heterocycles. The summed E-state index contributed by atoms with van der Waals surface area (Å²) in [6.07, 6.45) is 5.91. The van der Waals surface area contributed by atoms with Crippen molar-refractivity contribution in [2.45, 2.75) is 6.54 Å². The molecule has 8 heteroatoms. The second kappa shape index (κ2) is 6.48. The number of esters is 1. The van der Waals surface area contributed by atoms with Crippen LogP contribution in [0.15, 0.2) is 30.9 Å². The Balaban J connectivity index is 1.55. The fourth-order valence-electron chi connectivity index (χ4n) is 1.88. The molecule has 0 saturated heterocycles. The van der Waals surface area contributed by atoms with Crippen LogP contribution in [0.4, 0.5) is 0 Å². The van der Waals surface area contributed by atoms with Crippen molar-refractivity contribution in [1.29, 1.82) is 0 Å². The second-order valence-electron chi connectivity index (χ2n) is 4.40. The number of aromatic nitrogens is 3. The van der Waals surface area contributed by atoms with Gasteiger partial charge in [-0.3, -0.25) is 0 Å². The molecule has 0 N–H and O–H groups in total. The summed E-state index contributed by atoms with van der Waals surface area (Å²) in [5.74, 6) is 0.634. The molecule has 2 aromatic rings. The van der Waals surface area contributed by atoms with Crippen molar-refractivity contribution in [3.63, 3.8) is 0 Å². The fourth-order valence-corrected chi connectivity index (χ4v) is 2.16. The standard InChI is InChI=1S/C14H12ClN3O4/c15-11-5-10(6-12-14(11)22-9-21-12)1-2-13(19)20-4-3-18-8-16-7-17-18/h1-2,5-8H,3-4,9H2/b2-1+. The highest BCUT2D eigenvalue weighted by Crippen LogP contribution is 2.40. The van der Waals surface area contributed by atoms with Crippen LogP contribution >= 0.6 is 11.6 Å². The second-order valence-corrected chi connectivity index (χ2v) is 4.80. The van der Waals surface area contributed by atoms with E-state index in [1.54, 1.807) is 29.2 Å². The van der Waals surface area contributed by atoms with E-state index in [0.717, 1.165) is 5.56 Å². The van der Waals surface area contributed by atoms with Gasteiger partial charge in [0.05, 0.1) is 11.6 Å². The lowest BCUT2D eigenvalue weighted by Gasteiger charge is -2.02. The highest BCUT2D eigenvalue weighted by Gasteiger charge is 2.17. The van der Waals surface area contributed by atoms with Crippen molar-refractivity contribution in [2.75, 3.05) is 13.4 Å². The summed E-state index contributed by atoms with van der Waals surface area (Å²) >= 11 is 6.06. The molecular formula is C14H12ClN3O4. The van der Waals surface area contributed by atoms with Crippen LogP contribution in [0, 0.1) is 0 Å². The van der Waals surface area contributed by atoms with Gasteiger partial charge in [-0.15, -0.1) is 0 Å². The number of hydrogen-bond donors (Lipinski definition) is 0. The first-order valence-electron chi connectivity index (χ1n) is 6.49. The average molecular weight is 322 g/mol. The monoisotopic (exact) mass is 321 g/mol. The Kier molecular flexibility index (Phi) is 4.24. The summed E-state index contributed by atoms with van der Waals surface area (Å²) < 4.78 is 17.1. The van der Waals surface area contributed by atoms with Crippen molar-refractivity contribution in [3.05, 3.63) is 41.4 Å². The summed E-state index contributed by atoms with van der Waals surface area (Å²) in [4.78, 5) is 15.4. The van der Waals surface area contributed by atoms with Gasteiger partial charge < -0.3 is 14.2 Å². The van der Waals surface area contributed by atoms with Crippen LogP contribution in [0.1, 0.15) is 5.56 Å². The molecular weight excluding hydrogens is 310 g/mol. The number of fused-ring (bicyclic) bond motifs is 1. The van der Waals surface area contributed by atoms with Gasteiger partial charge in [-0.1, -0.05) is 11.6 Å². The minimum absolute atomic E-state index is 0.145. The summed E-state index contributed by atoms with van der Waals surface area (Å²) in [6, 6.07) is 3.43. The van der Waals surface area contributed by atoms with Gasteiger partial charge >= 0.3 is 5.97 Å². The molecule has 0 bridgehead atoms. The van der Waals surface area contributed by atoms with Gasteiger partial charge in [0.2, 0.25) is 6.79 Å². The number of halogens is 1. The molecule has 22 heavy (non-hydrogen) atoms. The van der Waals surface area contributed by atoms with Crippen molar-refractivity contribution < 1.29 is 19.0 Å². The SMILES string of the molecule is O=C(/C=C/c1cc(Cl)c2c(c1)OCO2)OCCn1cncn1. The highest BCUT2D eigenvalue weighted by molar-refractivity contribution is 6.32. The Hall–Kier alpha value is -2.54. The first kappa shape index (κ1) is 14.4. The first-order chi connectivity index (χ1) is 10.7. The van der Waals surface area contributed by atoms with E-state index in [4.69, 9.17) is 25.8 Å². The number of carbonyl (C=O) groups is 1. The van der Waals surface area contributed by atoms with E-state index in [2.05, 4.69) is 10.1 Å². The van der Waals surface area contributed by atoms with E-state index in [9.17, 15) is 4.79 Å². The number of carbonyl (C=O) groups excluding carboxylic acids is 1. The molecule has 0 amide bonds. The fraction of sp³-hybridized carbons (Fsp3) is 0.214. The van der Waals surface area contributed by atoms with Gasteiger partial charge in [-0.2, -0.15) is 5.10 Å². The first-order valence-corrected chi connectivity index (χ1v) is 6.86. The largest absolute Gasteiger partial charge is 0.461 e. The summed E-state index contributed by atoms with van der Waals surface area (Å²) in [7, 11) is 0. The van der Waals surface area contributed by atoms with Crippen LogP contribution in [-0.2, 0) is 16.1 Å². The van der Waals surface area contributed by atoms with Crippen LogP contribution in [0.25, 0.3) is 6.08 Å². The minimum Gasteiger partial charge on any atom is -0.461 e. The minimum atomic E-state index is -0.450. The molecule has 2 heterocycles. The molecule has 0 atom stereocenters. The number of rotatable bonds is 5. The number of hydrogen-bond acceptors (Lipinski definition) is 6. The lowest BCUT2D eigenvalue weighted by Crippen LogP contribution is -2.09. The predicted molar refractivity (Wildman–Crippen MR) is 77.6 cm³/mol.